The second-order valence-corrected chi connectivity index (χ2v) is 11.4. The Morgan fingerprint density at radius 1 is 0.893 bits per heavy atom. The quantitative estimate of drug-likeness (QED) is 0.202. The summed E-state index contributed by atoms with van der Waals surface area (Å²) in [6, 6.07) is 5.31. The first kappa shape index (κ1) is 21.9. The fraction of sp³-hybridized carbons (Fsp3) is 0.316. The number of nitrogens with zero attached hydrogens (tertiary/aromatic N) is 1. The first-order chi connectivity index (χ1) is 13.0. The summed E-state index contributed by atoms with van der Waals surface area (Å²) in [7, 11) is -0.307. The molecule has 0 radical (unpaired) electrons. The van der Waals surface area contributed by atoms with Gasteiger partial charge in [-0.3, -0.25) is 4.99 Å². The summed E-state index contributed by atoms with van der Waals surface area (Å²) in [4.78, 5) is 3.78. The lowest BCUT2D eigenvalue weighted by molar-refractivity contribution is 0.377. The zero-order valence-corrected chi connectivity index (χ0v) is 16.9. The molecule has 0 saturated heterocycles. The predicted molar refractivity (Wildman–Crippen MR) is 99.4 cm³/mol. The van der Waals surface area contributed by atoms with Crippen molar-refractivity contribution in [2.75, 3.05) is 13.7 Å². The van der Waals surface area contributed by atoms with Gasteiger partial charge in [0.1, 0.15) is 5.75 Å². The molecule has 0 saturated carbocycles. The van der Waals surface area contributed by atoms with Gasteiger partial charge >= 0.3 is 0 Å². The van der Waals surface area contributed by atoms with Gasteiger partial charge in [-0.1, -0.05) is 6.07 Å². The molecule has 2 aromatic carbocycles. The second kappa shape index (κ2) is 8.72. The molecule has 0 unspecified atom stereocenters. The van der Waals surface area contributed by atoms with E-state index in [2.05, 4.69) is 4.99 Å². The van der Waals surface area contributed by atoms with Crippen LogP contribution in [0.2, 0.25) is 19.6 Å². The lowest BCUT2D eigenvalue weighted by Gasteiger charge is -2.21. The van der Waals surface area contributed by atoms with Crippen LogP contribution in [0.5, 0.6) is 11.5 Å². The van der Waals surface area contributed by atoms with Crippen LogP contribution in [0.4, 0.5) is 22.0 Å². The zero-order valence-electron chi connectivity index (χ0n) is 15.9. The summed E-state index contributed by atoms with van der Waals surface area (Å²) in [6.45, 7) is 6.19. The molecule has 152 valence electrons. The Morgan fingerprint density at radius 2 is 1.46 bits per heavy atom. The highest BCUT2D eigenvalue weighted by molar-refractivity contribution is 6.70. The minimum Gasteiger partial charge on any atom is -0.542 e. The minimum absolute atomic E-state index is 0.0802. The van der Waals surface area contributed by atoms with Gasteiger partial charge in [0.25, 0.3) is 0 Å². The molecule has 28 heavy (non-hydrogen) atoms. The van der Waals surface area contributed by atoms with Gasteiger partial charge in [-0.25, -0.2) is 22.0 Å². The highest BCUT2D eigenvalue weighted by atomic mass is 28.4. The molecule has 3 nitrogen and oxygen atoms in total. The SMILES string of the molecule is COc1cc(CCN=Cc2c(F)c(F)c(F)c(F)c2F)ccc1O[Si](C)(C)C. The Balaban J connectivity index is 2.12. The molecule has 0 aromatic heterocycles. The lowest BCUT2D eigenvalue weighted by atomic mass is 10.1. The van der Waals surface area contributed by atoms with Gasteiger partial charge < -0.3 is 9.16 Å². The molecule has 0 amide bonds. The van der Waals surface area contributed by atoms with E-state index in [1.54, 1.807) is 18.2 Å². The minimum atomic E-state index is -2.19. The smallest absolute Gasteiger partial charge is 0.242 e. The van der Waals surface area contributed by atoms with E-state index in [0.29, 0.717) is 24.1 Å². The van der Waals surface area contributed by atoms with Crippen molar-refractivity contribution in [3.8, 4) is 11.5 Å². The molecule has 0 spiro atoms. The Kier molecular flexibility index (Phi) is 6.81. The number of rotatable bonds is 7. The summed E-state index contributed by atoms with van der Waals surface area (Å²) < 4.78 is 77.8. The van der Waals surface area contributed by atoms with E-state index in [1.807, 2.05) is 19.6 Å². The maximum absolute atomic E-state index is 13.6. The highest BCUT2D eigenvalue weighted by Gasteiger charge is 2.24. The van der Waals surface area contributed by atoms with Gasteiger partial charge in [-0.2, -0.15) is 0 Å². The average molecular weight is 417 g/mol. The first-order valence-electron chi connectivity index (χ1n) is 8.42. The summed E-state index contributed by atoms with van der Waals surface area (Å²) in [5, 5.41) is 0. The summed E-state index contributed by atoms with van der Waals surface area (Å²) in [5.41, 5.74) is -0.248. The molecule has 0 bridgehead atoms. The first-order valence-corrected chi connectivity index (χ1v) is 11.8. The van der Waals surface area contributed by atoms with Crippen molar-refractivity contribution in [2.45, 2.75) is 26.1 Å². The van der Waals surface area contributed by atoms with E-state index in [1.165, 1.54) is 7.11 Å². The lowest BCUT2D eigenvalue weighted by Crippen LogP contribution is -2.29. The molecular formula is C19H20F5NO2Si. The van der Waals surface area contributed by atoms with Crippen molar-refractivity contribution in [3.05, 3.63) is 58.4 Å². The molecule has 0 aliphatic carbocycles. The van der Waals surface area contributed by atoms with Crippen molar-refractivity contribution in [2.24, 2.45) is 4.99 Å². The Labute approximate surface area is 160 Å². The molecule has 2 aromatic rings. The van der Waals surface area contributed by atoms with Crippen LogP contribution >= 0.6 is 0 Å². The van der Waals surface area contributed by atoms with E-state index < -0.39 is 43.0 Å². The normalized spacial score (nSPS) is 11.9. The summed E-state index contributed by atoms with van der Waals surface area (Å²) in [6.07, 6.45) is 1.02. The monoisotopic (exact) mass is 417 g/mol. The van der Waals surface area contributed by atoms with Crippen LogP contribution in [0.3, 0.4) is 0 Å². The van der Waals surface area contributed by atoms with Gasteiger partial charge in [0.15, 0.2) is 29.0 Å². The summed E-state index contributed by atoms with van der Waals surface area (Å²) >= 11 is 0. The number of aliphatic imine (C=N–C) groups is 1. The fourth-order valence-electron chi connectivity index (χ4n) is 2.37. The molecule has 0 aliphatic heterocycles. The maximum atomic E-state index is 13.6. The van der Waals surface area contributed by atoms with Crippen molar-refractivity contribution >= 4 is 14.5 Å². The predicted octanol–water partition coefficient (Wildman–Crippen LogP) is 5.27. The van der Waals surface area contributed by atoms with Crippen LogP contribution in [0.1, 0.15) is 11.1 Å². The van der Waals surface area contributed by atoms with Gasteiger partial charge in [0.05, 0.1) is 12.7 Å². The fourth-order valence-corrected chi connectivity index (χ4v) is 3.19. The third-order valence-corrected chi connectivity index (χ3v) is 4.47. The molecule has 2 rings (SSSR count). The van der Waals surface area contributed by atoms with Crippen LogP contribution in [-0.4, -0.2) is 28.2 Å². The third-order valence-electron chi connectivity index (χ3n) is 3.64. The number of hydrogen-bond donors (Lipinski definition) is 0. The van der Waals surface area contributed by atoms with Crippen LogP contribution in [0.25, 0.3) is 0 Å². The van der Waals surface area contributed by atoms with Gasteiger partial charge in [0.2, 0.25) is 14.1 Å². The van der Waals surface area contributed by atoms with E-state index in [-0.39, 0.29) is 6.54 Å². The Morgan fingerprint density at radius 3 is 2.00 bits per heavy atom. The molecular weight excluding hydrogens is 397 g/mol. The summed E-state index contributed by atoms with van der Waals surface area (Å²) in [5.74, 6) is -8.84. The molecule has 0 fully saturated rings. The molecule has 0 atom stereocenters. The topological polar surface area (TPSA) is 30.8 Å². The number of benzene rings is 2. The third kappa shape index (κ3) is 5.09. The highest BCUT2D eigenvalue weighted by Crippen LogP contribution is 2.30. The standard InChI is InChI=1S/C19H20F5NO2Si/c1-26-14-9-11(5-6-13(14)27-28(2,3)4)7-8-25-10-12-15(20)17(22)19(24)18(23)16(12)21/h5-6,9-10H,7-8H2,1-4H3. The number of halogens is 5. The van der Waals surface area contributed by atoms with Crippen LogP contribution in [0.15, 0.2) is 23.2 Å². The van der Waals surface area contributed by atoms with Crippen molar-refractivity contribution in [1.82, 2.24) is 0 Å². The number of hydrogen-bond acceptors (Lipinski definition) is 3. The van der Waals surface area contributed by atoms with Crippen molar-refractivity contribution < 1.29 is 31.1 Å². The zero-order chi connectivity index (χ0) is 21.1. The van der Waals surface area contributed by atoms with E-state index >= 15 is 0 Å². The van der Waals surface area contributed by atoms with Gasteiger partial charge in [-0.15, -0.1) is 0 Å². The molecule has 0 aliphatic rings. The number of methoxy groups -OCH3 is 1. The maximum Gasteiger partial charge on any atom is 0.242 e. The van der Waals surface area contributed by atoms with E-state index in [4.69, 9.17) is 9.16 Å². The van der Waals surface area contributed by atoms with Crippen molar-refractivity contribution in [1.29, 1.82) is 0 Å². The van der Waals surface area contributed by atoms with Gasteiger partial charge in [-0.05, 0) is 43.8 Å². The largest absolute Gasteiger partial charge is 0.542 e. The van der Waals surface area contributed by atoms with E-state index in [0.717, 1.165) is 5.56 Å². The molecule has 0 N–H and O–H groups in total. The van der Waals surface area contributed by atoms with Crippen LogP contribution in [0, 0.1) is 29.1 Å². The number of ether oxygens (including phenoxy) is 1. The van der Waals surface area contributed by atoms with Crippen LogP contribution < -0.4 is 9.16 Å². The Bertz CT molecular complexity index is 868. The van der Waals surface area contributed by atoms with E-state index in [9.17, 15) is 22.0 Å². The van der Waals surface area contributed by atoms with Crippen LogP contribution in [-0.2, 0) is 6.42 Å². The Hall–Kier alpha value is -2.42. The second-order valence-electron chi connectivity index (χ2n) is 6.97. The van der Waals surface area contributed by atoms with Gasteiger partial charge in [0, 0.05) is 12.8 Å². The molecule has 9 heteroatoms. The molecule has 0 heterocycles. The van der Waals surface area contributed by atoms with Crippen molar-refractivity contribution in [3.63, 3.8) is 0 Å². The average Bonchev–Trinajstić information content (AvgIpc) is 2.64.